The van der Waals surface area contributed by atoms with Gasteiger partial charge in [0.05, 0.1) is 12.7 Å². The predicted molar refractivity (Wildman–Crippen MR) is 78.9 cm³/mol. The normalized spacial score (nSPS) is 23.3. The molecule has 2 aromatic heterocycles. The Bertz CT molecular complexity index is 828. The van der Waals surface area contributed by atoms with E-state index in [-0.39, 0.29) is 17.7 Å². The van der Waals surface area contributed by atoms with Crippen molar-refractivity contribution in [1.82, 2.24) is 19.5 Å². The standard InChI is InChI=1S/C14H16N4O6/c1-7(19)22-4-10-9(23-8(2)20)3-11(24-10)18-6-17-12-13(18)15-5-16-14(12)21/h5-6,9-11H,3-4H2,1-2H3,(H,15,16,21). The largest absolute Gasteiger partial charge is 0.463 e. The lowest BCUT2D eigenvalue weighted by Crippen LogP contribution is -2.31. The molecule has 10 heteroatoms. The van der Waals surface area contributed by atoms with Gasteiger partial charge in [-0.05, 0) is 0 Å². The molecule has 0 bridgehead atoms. The highest BCUT2D eigenvalue weighted by Gasteiger charge is 2.39. The molecule has 128 valence electrons. The highest BCUT2D eigenvalue weighted by molar-refractivity contribution is 5.69. The first-order chi connectivity index (χ1) is 11.5. The first-order valence-corrected chi connectivity index (χ1v) is 7.32. The summed E-state index contributed by atoms with van der Waals surface area (Å²) in [4.78, 5) is 44.6. The number of hydrogen-bond donors (Lipinski definition) is 1. The Morgan fingerprint density at radius 2 is 2.17 bits per heavy atom. The second kappa shape index (κ2) is 6.40. The number of H-pyrrole nitrogens is 1. The SMILES string of the molecule is CC(=O)OCC1OC(n2cnc3c(=O)[nH]cnc32)CC1OC(C)=O. The van der Waals surface area contributed by atoms with Crippen LogP contribution in [0.25, 0.3) is 11.2 Å². The summed E-state index contributed by atoms with van der Waals surface area (Å²) in [5.41, 5.74) is 0.191. The number of fused-ring (bicyclic) bond motifs is 1. The summed E-state index contributed by atoms with van der Waals surface area (Å²) in [5.74, 6) is -0.910. The fourth-order valence-corrected chi connectivity index (χ4v) is 2.63. The zero-order chi connectivity index (χ0) is 17.3. The van der Waals surface area contributed by atoms with E-state index in [9.17, 15) is 14.4 Å². The van der Waals surface area contributed by atoms with Crippen molar-refractivity contribution in [3.8, 4) is 0 Å². The van der Waals surface area contributed by atoms with Gasteiger partial charge in [-0.3, -0.25) is 19.0 Å². The molecule has 1 N–H and O–H groups in total. The number of carbonyl (C=O) groups is 2. The second-order valence-corrected chi connectivity index (χ2v) is 5.37. The zero-order valence-corrected chi connectivity index (χ0v) is 13.1. The summed E-state index contributed by atoms with van der Waals surface area (Å²) in [6.07, 6.45) is 1.31. The van der Waals surface area contributed by atoms with Crippen LogP contribution in [0.4, 0.5) is 0 Å². The number of aromatic amines is 1. The number of imidazole rings is 1. The molecule has 1 saturated heterocycles. The molecule has 3 rings (SSSR count). The summed E-state index contributed by atoms with van der Waals surface area (Å²) < 4.78 is 17.6. The number of hydrogen-bond acceptors (Lipinski definition) is 8. The van der Waals surface area contributed by atoms with Crippen LogP contribution >= 0.6 is 0 Å². The van der Waals surface area contributed by atoms with Gasteiger partial charge in [0.2, 0.25) is 0 Å². The molecule has 0 radical (unpaired) electrons. The number of carbonyl (C=O) groups excluding carboxylic acids is 2. The van der Waals surface area contributed by atoms with Gasteiger partial charge in [-0.15, -0.1) is 0 Å². The fourth-order valence-electron chi connectivity index (χ4n) is 2.63. The Kier molecular flexibility index (Phi) is 4.30. The van der Waals surface area contributed by atoms with Gasteiger partial charge < -0.3 is 19.2 Å². The molecule has 1 aliphatic heterocycles. The average molecular weight is 336 g/mol. The van der Waals surface area contributed by atoms with E-state index in [0.29, 0.717) is 12.1 Å². The van der Waals surface area contributed by atoms with Crippen molar-refractivity contribution in [2.24, 2.45) is 0 Å². The Morgan fingerprint density at radius 3 is 2.88 bits per heavy atom. The minimum absolute atomic E-state index is 0.0373. The minimum Gasteiger partial charge on any atom is -0.463 e. The first kappa shape index (κ1) is 16.1. The number of nitrogens with one attached hydrogen (secondary N) is 1. The van der Waals surface area contributed by atoms with Gasteiger partial charge in [0.1, 0.15) is 25.0 Å². The maximum absolute atomic E-state index is 11.7. The molecule has 10 nitrogen and oxygen atoms in total. The molecule has 3 heterocycles. The van der Waals surface area contributed by atoms with Gasteiger partial charge in [0.25, 0.3) is 5.56 Å². The molecule has 0 aliphatic carbocycles. The van der Waals surface area contributed by atoms with Crippen LogP contribution in [0, 0.1) is 0 Å². The summed E-state index contributed by atoms with van der Waals surface area (Å²) in [6.45, 7) is 2.54. The summed E-state index contributed by atoms with van der Waals surface area (Å²) in [6, 6.07) is 0. The molecule has 0 saturated carbocycles. The van der Waals surface area contributed by atoms with Crippen molar-refractivity contribution < 1.29 is 23.8 Å². The Balaban J connectivity index is 1.85. The van der Waals surface area contributed by atoms with E-state index in [1.165, 1.54) is 26.5 Å². The summed E-state index contributed by atoms with van der Waals surface area (Å²) in [7, 11) is 0. The van der Waals surface area contributed by atoms with Crippen LogP contribution < -0.4 is 5.56 Å². The Hall–Kier alpha value is -2.75. The molecular weight excluding hydrogens is 320 g/mol. The number of rotatable bonds is 4. The maximum Gasteiger partial charge on any atom is 0.303 e. The van der Waals surface area contributed by atoms with Gasteiger partial charge in [0, 0.05) is 20.3 Å². The highest BCUT2D eigenvalue weighted by Crippen LogP contribution is 2.32. The first-order valence-electron chi connectivity index (χ1n) is 7.32. The van der Waals surface area contributed by atoms with Gasteiger partial charge in [-0.25, -0.2) is 9.97 Å². The van der Waals surface area contributed by atoms with Crippen molar-refractivity contribution in [2.75, 3.05) is 6.61 Å². The van der Waals surface area contributed by atoms with E-state index in [2.05, 4.69) is 15.0 Å². The summed E-state index contributed by atoms with van der Waals surface area (Å²) >= 11 is 0. The zero-order valence-electron chi connectivity index (χ0n) is 13.1. The van der Waals surface area contributed by atoms with Crippen molar-refractivity contribution >= 4 is 23.1 Å². The molecule has 1 fully saturated rings. The van der Waals surface area contributed by atoms with Crippen LogP contribution in [-0.4, -0.2) is 50.3 Å². The van der Waals surface area contributed by atoms with E-state index < -0.39 is 30.4 Å². The number of aromatic nitrogens is 4. The van der Waals surface area contributed by atoms with Crippen LogP contribution in [-0.2, 0) is 23.8 Å². The quantitative estimate of drug-likeness (QED) is 0.767. The van der Waals surface area contributed by atoms with Gasteiger partial charge in [-0.2, -0.15) is 0 Å². The smallest absolute Gasteiger partial charge is 0.303 e. The van der Waals surface area contributed by atoms with Crippen LogP contribution in [0.5, 0.6) is 0 Å². The topological polar surface area (TPSA) is 125 Å². The van der Waals surface area contributed by atoms with E-state index in [4.69, 9.17) is 14.2 Å². The third-order valence-corrected chi connectivity index (χ3v) is 3.62. The van der Waals surface area contributed by atoms with Crippen LogP contribution in [0.15, 0.2) is 17.4 Å². The van der Waals surface area contributed by atoms with Crippen molar-refractivity contribution in [2.45, 2.75) is 38.7 Å². The molecule has 2 aromatic rings. The molecule has 0 aromatic carbocycles. The Morgan fingerprint density at radius 1 is 1.38 bits per heavy atom. The monoisotopic (exact) mass is 336 g/mol. The summed E-state index contributed by atoms with van der Waals surface area (Å²) in [5, 5.41) is 0. The van der Waals surface area contributed by atoms with E-state index in [1.54, 1.807) is 4.57 Å². The number of esters is 2. The highest BCUT2D eigenvalue weighted by atomic mass is 16.6. The number of ether oxygens (including phenoxy) is 3. The third-order valence-electron chi connectivity index (χ3n) is 3.62. The number of nitrogens with zero attached hydrogens (tertiary/aromatic N) is 3. The Labute approximate surface area is 135 Å². The molecule has 0 spiro atoms. The maximum atomic E-state index is 11.7. The van der Waals surface area contributed by atoms with Crippen LogP contribution in [0.2, 0.25) is 0 Å². The van der Waals surface area contributed by atoms with Crippen molar-refractivity contribution in [1.29, 1.82) is 0 Å². The van der Waals surface area contributed by atoms with Crippen molar-refractivity contribution in [3.05, 3.63) is 23.0 Å². The molecular formula is C14H16N4O6. The van der Waals surface area contributed by atoms with Gasteiger partial charge >= 0.3 is 11.9 Å². The van der Waals surface area contributed by atoms with Crippen LogP contribution in [0.3, 0.4) is 0 Å². The lowest BCUT2D eigenvalue weighted by molar-refractivity contribution is -0.155. The van der Waals surface area contributed by atoms with E-state index in [0.717, 1.165) is 0 Å². The lowest BCUT2D eigenvalue weighted by Gasteiger charge is -2.17. The molecule has 24 heavy (non-hydrogen) atoms. The second-order valence-electron chi connectivity index (χ2n) is 5.37. The average Bonchev–Trinajstić information content (AvgIpc) is 3.09. The lowest BCUT2D eigenvalue weighted by atomic mass is 10.2. The predicted octanol–water partition coefficient (Wildman–Crippen LogP) is -0.0981. The van der Waals surface area contributed by atoms with E-state index >= 15 is 0 Å². The molecule has 1 aliphatic rings. The molecule has 3 atom stereocenters. The third kappa shape index (κ3) is 3.13. The van der Waals surface area contributed by atoms with Crippen molar-refractivity contribution in [3.63, 3.8) is 0 Å². The molecule has 3 unspecified atom stereocenters. The molecule has 0 amide bonds. The fraction of sp³-hybridized carbons (Fsp3) is 0.500. The van der Waals surface area contributed by atoms with Crippen LogP contribution in [0.1, 0.15) is 26.5 Å². The van der Waals surface area contributed by atoms with E-state index in [1.807, 2.05) is 0 Å². The van der Waals surface area contributed by atoms with Gasteiger partial charge in [0.15, 0.2) is 11.2 Å². The van der Waals surface area contributed by atoms with Gasteiger partial charge in [-0.1, -0.05) is 0 Å². The minimum atomic E-state index is -0.609.